The molecule has 1 saturated heterocycles. The van der Waals surface area contributed by atoms with E-state index in [0.717, 1.165) is 35.5 Å². The average Bonchev–Trinajstić information content (AvgIpc) is 3.13. The smallest absolute Gasteiger partial charge is 0.244 e. The van der Waals surface area contributed by atoms with Gasteiger partial charge in [0.1, 0.15) is 5.75 Å². The zero-order valence-electron chi connectivity index (χ0n) is 16.4. The summed E-state index contributed by atoms with van der Waals surface area (Å²) >= 11 is 0. The first-order chi connectivity index (χ1) is 13.6. The number of amides is 2. The molecule has 5 nitrogen and oxygen atoms in total. The van der Waals surface area contributed by atoms with Gasteiger partial charge in [-0.05, 0) is 55.2 Å². The van der Waals surface area contributed by atoms with Crippen LogP contribution in [0, 0.1) is 6.92 Å². The lowest BCUT2D eigenvalue weighted by atomic mass is 10.1. The van der Waals surface area contributed by atoms with Gasteiger partial charge in [-0.15, -0.1) is 0 Å². The van der Waals surface area contributed by atoms with Gasteiger partial charge in [-0.2, -0.15) is 0 Å². The van der Waals surface area contributed by atoms with Gasteiger partial charge in [0.25, 0.3) is 0 Å². The molecule has 1 aliphatic rings. The Morgan fingerprint density at radius 3 is 2.68 bits per heavy atom. The van der Waals surface area contributed by atoms with Crippen molar-refractivity contribution >= 4 is 23.6 Å². The quantitative estimate of drug-likeness (QED) is 0.750. The molecule has 0 radical (unpaired) electrons. The molecule has 3 rings (SSSR count). The van der Waals surface area contributed by atoms with E-state index in [-0.39, 0.29) is 11.8 Å². The topological polar surface area (TPSA) is 58.6 Å². The number of nitrogens with one attached hydrogen (secondary N) is 1. The van der Waals surface area contributed by atoms with Crippen LogP contribution in [-0.4, -0.2) is 32.0 Å². The maximum atomic E-state index is 12.1. The average molecular weight is 378 g/mol. The molecule has 2 aromatic carbocycles. The first-order valence-electron chi connectivity index (χ1n) is 9.56. The second kappa shape index (κ2) is 9.22. The molecule has 28 heavy (non-hydrogen) atoms. The van der Waals surface area contributed by atoms with Gasteiger partial charge in [0.2, 0.25) is 11.8 Å². The van der Waals surface area contributed by atoms with Crippen molar-refractivity contribution in [1.82, 2.24) is 5.32 Å². The van der Waals surface area contributed by atoms with Crippen LogP contribution in [0.4, 0.5) is 5.69 Å². The number of nitrogens with zero attached hydrogens (tertiary/aromatic N) is 1. The minimum Gasteiger partial charge on any atom is -0.496 e. The highest BCUT2D eigenvalue weighted by atomic mass is 16.5. The molecule has 1 fully saturated rings. The Bertz CT molecular complexity index is 872. The molecule has 1 aliphatic heterocycles. The van der Waals surface area contributed by atoms with E-state index < -0.39 is 0 Å². The predicted octanol–water partition coefficient (Wildman–Crippen LogP) is 3.50. The van der Waals surface area contributed by atoms with Crippen LogP contribution in [0.2, 0.25) is 0 Å². The number of rotatable bonds is 7. The number of benzene rings is 2. The van der Waals surface area contributed by atoms with E-state index in [2.05, 4.69) is 11.4 Å². The second-order valence-electron chi connectivity index (χ2n) is 6.93. The Kier molecular flexibility index (Phi) is 6.48. The van der Waals surface area contributed by atoms with Crippen LogP contribution in [0.3, 0.4) is 0 Å². The van der Waals surface area contributed by atoms with Crippen molar-refractivity contribution < 1.29 is 14.3 Å². The lowest BCUT2D eigenvalue weighted by molar-refractivity contribution is -0.117. The van der Waals surface area contributed by atoms with Crippen molar-refractivity contribution in [3.8, 4) is 5.75 Å². The summed E-state index contributed by atoms with van der Waals surface area (Å²) in [5.74, 6) is 0.880. The summed E-state index contributed by atoms with van der Waals surface area (Å²) in [4.78, 5) is 25.7. The summed E-state index contributed by atoms with van der Waals surface area (Å²) in [7, 11) is 1.65. The van der Waals surface area contributed by atoms with E-state index in [4.69, 9.17) is 4.74 Å². The van der Waals surface area contributed by atoms with Gasteiger partial charge in [-0.25, -0.2) is 0 Å². The van der Waals surface area contributed by atoms with Crippen LogP contribution in [0.25, 0.3) is 6.08 Å². The highest BCUT2D eigenvalue weighted by Crippen LogP contribution is 2.22. The van der Waals surface area contributed by atoms with E-state index in [9.17, 15) is 9.59 Å². The fourth-order valence-electron chi connectivity index (χ4n) is 3.34. The van der Waals surface area contributed by atoms with Crippen LogP contribution in [0.15, 0.2) is 48.5 Å². The number of ether oxygens (including phenoxy) is 1. The van der Waals surface area contributed by atoms with Gasteiger partial charge >= 0.3 is 0 Å². The van der Waals surface area contributed by atoms with Crippen molar-refractivity contribution in [2.24, 2.45) is 0 Å². The fraction of sp³-hybridized carbons (Fsp3) is 0.304. The molecule has 0 bridgehead atoms. The van der Waals surface area contributed by atoms with E-state index in [1.807, 2.05) is 43.3 Å². The number of carbonyl (C=O) groups excluding carboxylic acids is 2. The normalized spacial score (nSPS) is 13.9. The molecule has 0 spiro atoms. The summed E-state index contributed by atoms with van der Waals surface area (Å²) < 4.78 is 5.37. The Morgan fingerprint density at radius 2 is 2.00 bits per heavy atom. The van der Waals surface area contributed by atoms with Crippen molar-refractivity contribution in [2.75, 3.05) is 25.1 Å². The molecular formula is C23H26N2O3. The summed E-state index contributed by atoms with van der Waals surface area (Å²) in [6, 6.07) is 13.7. The monoisotopic (exact) mass is 378 g/mol. The van der Waals surface area contributed by atoms with Gasteiger partial charge < -0.3 is 15.0 Å². The fourth-order valence-corrected chi connectivity index (χ4v) is 3.34. The third kappa shape index (κ3) is 5.00. The van der Waals surface area contributed by atoms with Gasteiger partial charge in [0.15, 0.2) is 0 Å². The lowest BCUT2D eigenvalue weighted by Crippen LogP contribution is -2.23. The Morgan fingerprint density at radius 1 is 1.21 bits per heavy atom. The Balaban J connectivity index is 1.50. The molecule has 0 unspecified atom stereocenters. The first-order valence-corrected chi connectivity index (χ1v) is 9.56. The number of carbonyl (C=O) groups is 2. The minimum absolute atomic E-state index is 0.134. The van der Waals surface area contributed by atoms with Crippen molar-refractivity contribution in [2.45, 2.75) is 26.2 Å². The first kappa shape index (κ1) is 19.7. The number of methoxy groups -OCH3 is 1. The summed E-state index contributed by atoms with van der Waals surface area (Å²) in [6.45, 7) is 3.36. The molecule has 5 heteroatoms. The molecule has 0 aromatic heterocycles. The minimum atomic E-state index is -0.134. The molecule has 146 valence electrons. The van der Waals surface area contributed by atoms with E-state index >= 15 is 0 Å². The molecule has 2 aromatic rings. The highest BCUT2D eigenvalue weighted by Gasteiger charge is 2.21. The Hall–Kier alpha value is -3.08. The SMILES string of the molecule is COc1ccc(C)cc1CCNC(=O)/C=C/c1ccc(N2CCCC2=O)cc1. The van der Waals surface area contributed by atoms with Crippen LogP contribution < -0.4 is 15.0 Å². The summed E-state index contributed by atoms with van der Waals surface area (Å²) in [6.07, 6.45) is 5.55. The number of anilines is 1. The third-order valence-corrected chi connectivity index (χ3v) is 4.83. The van der Waals surface area contributed by atoms with Crippen molar-refractivity contribution in [3.05, 3.63) is 65.2 Å². The van der Waals surface area contributed by atoms with Crippen LogP contribution in [0.1, 0.15) is 29.5 Å². The van der Waals surface area contributed by atoms with Gasteiger partial charge in [-0.3, -0.25) is 9.59 Å². The standard InChI is InChI=1S/C23H26N2O3/c1-17-5-11-21(28-2)19(16-17)13-14-24-22(26)12-8-18-6-9-20(10-7-18)25-15-3-4-23(25)27/h5-12,16H,3-4,13-15H2,1-2H3,(H,24,26)/b12-8+. The number of hydrogen-bond donors (Lipinski definition) is 1. The van der Waals surface area contributed by atoms with Crippen LogP contribution >= 0.6 is 0 Å². The van der Waals surface area contributed by atoms with E-state index in [1.54, 1.807) is 18.1 Å². The van der Waals surface area contributed by atoms with Gasteiger partial charge in [0, 0.05) is 31.3 Å². The summed E-state index contributed by atoms with van der Waals surface area (Å²) in [5.41, 5.74) is 4.09. The predicted molar refractivity (Wildman–Crippen MR) is 112 cm³/mol. The molecule has 0 atom stereocenters. The zero-order valence-corrected chi connectivity index (χ0v) is 16.4. The van der Waals surface area contributed by atoms with E-state index in [1.165, 1.54) is 11.6 Å². The molecule has 2 amide bonds. The van der Waals surface area contributed by atoms with Crippen molar-refractivity contribution in [1.29, 1.82) is 0 Å². The maximum Gasteiger partial charge on any atom is 0.244 e. The van der Waals surface area contributed by atoms with Crippen LogP contribution in [0.5, 0.6) is 5.75 Å². The van der Waals surface area contributed by atoms with E-state index in [0.29, 0.717) is 19.4 Å². The molecule has 0 aliphatic carbocycles. The largest absolute Gasteiger partial charge is 0.496 e. The van der Waals surface area contributed by atoms with Gasteiger partial charge in [-0.1, -0.05) is 29.8 Å². The Labute approximate surface area is 166 Å². The molecule has 0 saturated carbocycles. The molecular weight excluding hydrogens is 352 g/mol. The third-order valence-electron chi connectivity index (χ3n) is 4.83. The highest BCUT2D eigenvalue weighted by molar-refractivity contribution is 5.95. The molecule has 1 N–H and O–H groups in total. The summed E-state index contributed by atoms with van der Waals surface area (Å²) in [5, 5.41) is 2.90. The van der Waals surface area contributed by atoms with Gasteiger partial charge in [0.05, 0.1) is 7.11 Å². The number of aryl methyl sites for hydroxylation is 1. The zero-order chi connectivity index (χ0) is 19.9. The molecule has 1 heterocycles. The van der Waals surface area contributed by atoms with Crippen molar-refractivity contribution in [3.63, 3.8) is 0 Å². The van der Waals surface area contributed by atoms with Crippen LogP contribution in [-0.2, 0) is 16.0 Å². The maximum absolute atomic E-state index is 12.1. The number of hydrogen-bond acceptors (Lipinski definition) is 3. The second-order valence-corrected chi connectivity index (χ2v) is 6.93. The lowest BCUT2D eigenvalue weighted by Gasteiger charge is -2.15.